The number of unbranched alkanes of at least 4 members (excludes halogenated alkanes) is 1. The van der Waals surface area contributed by atoms with Gasteiger partial charge in [0, 0.05) is 42.5 Å². The van der Waals surface area contributed by atoms with E-state index in [0.717, 1.165) is 80.2 Å². The third-order valence-electron chi connectivity index (χ3n) is 7.48. The van der Waals surface area contributed by atoms with E-state index in [1.54, 1.807) is 6.08 Å². The lowest BCUT2D eigenvalue weighted by Crippen LogP contribution is -2.40. The van der Waals surface area contributed by atoms with Gasteiger partial charge in [-0.25, -0.2) is 0 Å². The molecule has 0 amide bonds. The fraction of sp³-hybridized carbons (Fsp3) is 0.613. The predicted octanol–water partition coefficient (Wildman–Crippen LogP) is 7.33. The minimum atomic E-state index is -0.658. The summed E-state index contributed by atoms with van der Waals surface area (Å²) < 4.78 is 6.67. The van der Waals surface area contributed by atoms with Gasteiger partial charge in [-0.05, 0) is 56.6 Å². The number of nitrogens with zero attached hydrogens (tertiary/aromatic N) is 2. The molecular weight excluding hydrogens is 432 g/mol. The van der Waals surface area contributed by atoms with E-state index in [-0.39, 0.29) is 6.04 Å². The van der Waals surface area contributed by atoms with E-state index in [9.17, 15) is 5.11 Å². The second kappa shape index (κ2) is 13.2. The maximum Gasteiger partial charge on any atom is 0.197 e. The van der Waals surface area contributed by atoms with Crippen LogP contribution in [0, 0.1) is 11.3 Å². The van der Waals surface area contributed by atoms with Gasteiger partial charge in [0.15, 0.2) is 5.88 Å². The number of allylic oxidation sites excluding steroid dienone is 4. The first-order valence-corrected chi connectivity index (χ1v) is 13.5. The topological polar surface area (TPSA) is 35.9 Å². The van der Waals surface area contributed by atoms with Gasteiger partial charge in [-0.1, -0.05) is 78.8 Å². The number of rotatable bonds is 11. The van der Waals surface area contributed by atoms with Crippen molar-refractivity contribution >= 4 is 0 Å². The van der Waals surface area contributed by atoms with Crippen LogP contribution in [-0.4, -0.2) is 46.7 Å². The highest BCUT2D eigenvalue weighted by atomic mass is 16.5. The Kier molecular flexibility index (Phi) is 11.0. The monoisotopic (exact) mass is 482 g/mol. The van der Waals surface area contributed by atoms with E-state index in [0.29, 0.717) is 11.3 Å². The number of hydrogen-bond donors (Lipinski definition) is 1. The molecule has 4 heteroatoms. The van der Waals surface area contributed by atoms with E-state index in [1.165, 1.54) is 0 Å². The van der Waals surface area contributed by atoms with Crippen LogP contribution in [-0.2, 0) is 4.74 Å². The zero-order valence-corrected chi connectivity index (χ0v) is 23.4. The fourth-order valence-corrected chi connectivity index (χ4v) is 4.61. The first-order chi connectivity index (χ1) is 16.5. The van der Waals surface area contributed by atoms with Crippen LogP contribution in [0.4, 0.5) is 0 Å². The van der Waals surface area contributed by atoms with Gasteiger partial charge in [0.1, 0.15) is 11.9 Å². The van der Waals surface area contributed by atoms with E-state index in [1.807, 2.05) is 19.1 Å². The molecule has 2 aliphatic heterocycles. The molecule has 1 saturated heterocycles. The molecule has 4 nitrogen and oxygen atoms in total. The van der Waals surface area contributed by atoms with Gasteiger partial charge in [0.05, 0.1) is 0 Å². The third kappa shape index (κ3) is 7.90. The van der Waals surface area contributed by atoms with E-state index >= 15 is 0 Å². The highest BCUT2D eigenvalue weighted by Crippen LogP contribution is 2.38. The number of piperidine rings is 1. The van der Waals surface area contributed by atoms with Crippen LogP contribution in [0.2, 0.25) is 0 Å². The molecule has 0 aromatic rings. The van der Waals surface area contributed by atoms with Crippen molar-refractivity contribution in [3.8, 4) is 0 Å². The molecule has 3 atom stereocenters. The molecule has 0 spiro atoms. The highest BCUT2D eigenvalue weighted by Gasteiger charge is 2.35. The molecule has 2 heterocycles. The van der Waals surface area contributed by atoms with Crippen LogP contribution in [0.5, 0.6) is 0 Å². The van der Waals surface area contributed by atoms with Crippen molar-refractivity contribution in [2.45, 2.75) is 92.7 Å². The summed E-state index contributed by atoms with van der Waals surface area (Å²) in [4.78, 5) is 4.63. The van der Waals surface area contributed by atoms with Crippen molar-refractivity contribution < 1.29 is 9.84 Å². The highest BCUT2D eigenvalue weighted by molar-refractivity contribution is 5.42. The van der Waals surface area contributed by atoms with Crippen LogP contribution in [0.1, 0.15) is 80.6 Å². The Hall–Kier alpha value is -2.20. The Morgan fingerprint density at radius 1 is 1.23 bits per heavy atom. The predicted molar refractivity (Wildman–Crippen MR) is 150 cm³/mol. The van der Waals surface area contributed by atoms with Crippen LogP contribution < -0.4 is 0 Å². The van der Waals surface area contributed by atoms with Gasteiger partial charge in [0.2, 0.25) is 0 Å². The first kappa shape index (κ1) is 29.0. The summed E-state index contributed by atoms with van der Waals surface area (Å²) in [5.41, 5.74) is 3.10. The smallest absolute Gasteiger partial charge is 0.197 e. The average molecular weight is 483 g/mol. The summed E-state index contributed by atoms with van der Waals surface area (Å²) in [6.45, 7) is 26.4. The molecule has 0 aliphatic carbocycles. The van der Waals surface area contributed by atoms with Gasteiger partial charge >= 0.3 is 0 Å². The Balaban J connectivity index is 2.45. The average Bonchev–Trinajstić information content (AvgIpc) is 2.82. The van der Waals surface area contributed by atoms with Crippen LogP contribution in [0.15, 0.2) is 72.0 Å². The molecule has 2 aliphatic rings. The molecule has 0 aromatic carbocycles. The zero-order valence-electron chi connectivity index (χ0n) is 23.4. The van der Waals surface area contributed by atoms with Crippen molar-refractivity contribution in [2.75, 3.05) is 19.6 Å². The van der Waals surface area contributed by atoms with Crippen LogP contribution in [0.25, 0.3) is 0 Å². The van der Waals surface area contributed by atoms with Gasteiger partial charge in [-0.15, -0.1) is 0 Å². The third-order valence-corrected chi connectivity index (χ3v) is 7.48. The van der Waals surface area contributed by atoms with E-state index in [2.05, 4.69) is 76.7 Å². The zero-order chi connectivity index (χ0) is 26.2. The maximum atomic E-state index is 11.4. The summed E-state index contributed by atoms with van der Waals surface area (Å²) in [5, 5.41) is 11.4. The van der Waals surface area contributed by atoms with E-state index in [4.69, 9.17) is 4.74 Å². The molecule has 1 N–H and O–H groups in total. The van der Waals surface area contributed by atoms with Gasteiger partial charge < -0.3 is 19.6 Å². The molecule has 0 aromatic heterocycles. The summed E-state index contributed by atoms with van der Waals surface area (Å²) >= 11 is 0. The lowest BCUT2D eigenvalue weighted by Gasteiger charge is -2.42. The summed E-state index contributed by atoms with van der Waals surface area (Å²) in [7, 11) is 0. The Morgan fingerprint density at radius 2 is 1.89 bits per heavy atom. The molecule has 196 valence electrons. The van der Waals surface area contributed by atoms with Crippen LogP contribution >= 0.6 is 0 Å². The molecular formula is C31H50N2O2. The molecule has 2 rings (SSSR count). The lowest BCUT2D eigenvalue weighted by molar-refractivity contribution is 0.0758. The minimum Gasteiger partial charge on any atom is -0.441 e. The normalized spacial score (nSPS) is 24.6. The molecule has 35 heavy (non-hydrogen) atoms. The van der Waals surface area contributed by atoms with Crippen molar-refractivity contribution in [2.24, 2.45) is 11.3 Å². The Morgan fingerprint density at radius 3 is 2.46 bits per heavy atom. The fourth-order valence-electron chi connectivity index (χ4n) is 4.61. The van der Waals surface area contributed by atoms with Crippen molar-refractivity contribution in [3.05, 3.63) is 72.0 Å². The van der Waals surface area contributed by atoms with E-state index < -0.39 is 6.10 Å². The number of hydrogen-bond acceptors (Lipinski definition) is 4. The van der Waals surface area contributed by atoms with Crippen LogP contribution in [0.3, 0.4) is 0 Å². The van der Waals surface area contributed by atoms with Crippen molar-refractivity contribution in [1.82, 2.24) is 9.80 Å². The number of aliphatic hydroxyl groups excluding tert-OH is 1. The van der Waals surface area contributed by atoms with Crippen molar-refractivity contribution in [1.29, 1.82) is 0 Å². The summed E-state index contributed by atoms with van der Waals surface area (Å²) in [6.07, 6.45) is 14.9. The van der Waals surface area contributed by atoms with Gasteiger partial charge in [-0.3, -0.25) is 0 Å². The number of ether oxygens (including phenoxy) is 1. The van der Waals surface area contributed by atoms with Gasteiger partial charge in [0.25, 0.3) is 0 Å². The summed E-state index contributed by atoms with van der Waals surface area (Å²) in [5.74, 6) is 1.96. The summed E-state index contributed by atoms with van der Waals surface area (Å²) in [6, 6.07) is 0.0611. The first-order valence-electron chi connectivity index (χ1n) is 13.5. The Labute approximate surface area is 215 Å². The minimum absolute atomic E-state index is 0.0611. The quantitative estimate of drug-likeness (QED) is 0.313. The lowest BCUT2D eigenvalue weighted by atomic mass is 9.82. The molecule has 2 unspecified atom stereocenters. The second-order valence-electron chi connectivity index (χ2n) is 11.1. The molecule has 1 fully saturated rings. The Bertz CT molecular complexity index is 851. The molecule has 0 bridgehead atoms. The maximum absolute atomic E-state index is 11.4. The molecule has 0 radical (unpaired) electrons. The standard InChI is InChI=1S/C31H50N2O2/c1-10-13-15-24(5)33(18-14-11-2)25(6)22-28-27(21-23(4)12-3)29(34)26(7)30(35-28)32-19-16-31(8,9)17-20-32/h10,13,15,21-23,25,29,34H,1,5,11-12,14,16-20H2,2-4,6-9H3/b15-13-,27-21+,28-22-/t23-,25?,29?/m0/s1. The largest absolute Gasteiger partial charge is 0.441 e. The number of aliphatic hydroxyl groups is 1. The second-order valence-corrected chi connectivity index (χ2v) is 11.1. The van der Waals surface area contributed by atoms with Gasteiger partial charge in [-0.2, -0.15) is 0 Å². The SMILES string of the molecule is C=C/C=C\C(=C)N(CCCC)C(C)/C=C1\OC(N2CCC(C)(C)CC2)=C(C)C(O)\C1=C\[C@@H](C)CC. The van der Waals surface area contributed by atoms with Crippen molar-refractivity contribution in [3.63, 3.8) is 0 Å². The number of likely N-dealkylation sites (tertiary alicyclic amines) is 1. The molecule has 0 saturated carbocycles.